The van der Waals surface area contributed by atoms with Crippen molar-refractivity contribution in [1.29, 1.82) is 0 Å². The average molecular weight is 510 g/mol. The van der Waals surface area contributed by atoms with Gasteiger partial charge in [-0.2, -0.15) is 9.03 Å². The molecule has 1 amide bonds. The fraction of sp³-hybridized carbons (Fsp3) is 0.435. The fourth-order valence-corrected chi connectivity index (χ4v) is 6.33. The summed E-state index contributed by atoms with van der Waals surface area (Å²) < 4.78 is 59.8. The van der Waals surface area contributed by atoms with E-state index < -0.39 is 32.0 Å². The topological polar surface area (TPSA) is 122 Å². The van der Waals surface area contributed by atoms with Crippen LogP contribution < -0.4 is 14.8 Å². The van der Waals surface area contributed by atoms with Gasteiger partial charge < -0.3 is 10.1 Å². The van der Waals surface area contributed by atoms with E-state index in [1.807, 2.05) is 6.92 Å². The van der Waals surface area contributed by atoms with Gasteiger partial charge in [0.25, 0.3) is 0 Å². The Bertz CT molecular complexity index is 1170. The minimum Gasteiger partial charge on any atom is -0.494 e. The van der Waals surface area contributed by atoms with Gasteiger partial charge in [0, 0.05) is 19.6 Å². The molecular weight excluding hydrogens is 478 g/mol. The van der Waals surface area contributed by atoms with Crippen molar-refractivity contribution in [1.82, 2.24) is 14.3 Å². The van der Waals surface area contributed by atoms with Crippen LogP contribution in [0.5, 0.6) is 5.75 Å². The molecule has 2 aromatic carbocycles. The van der Waals surface area contributed by atoms with Crippen molar-refractivity contribution in [2.24, 2.45) is 0 Å². The van der Waals surface area contributed by atoms with Gasteiger partial charge in [-0.05, 0) is 68.7 Å². The van der Waals surface area contributed by atoms with Crippen molar-refractivity contribution in [3.05, 3.63) is 54.1 Å². The molecule has 1 heterocycles. The zero-order chi connectivity index (χ0) is 24.8. The Labute approximate surface area is 201 Å². The number of nitrogens with one attached hydrogen (secondary N) is 2. The van der Waals surface area contributed by atoms with Crippen LogP contribution in [-0.4, -0.2) is 52.8 Å². The lowest BCUT2D eigenvalue weighted by molar-refractivity contribution is -0.122. The molecule has 0 aliphatic carbocycles. The molecule has 2 N–H and O–H groups in total. The van der Waals surface area contributed by atoms with Gasteiger partial charge in [0.2, 0.25) is 26.0 Å². The number of carbonyl (C=O) groups is 1. The third kappa shape index (κ3) is 6.56. The van der Waals surface area contributed by atoms with E-state index >= 15 is 0 Å². The molecule has 1 saturated heterocycles. The van der Waals surface area contributed by atoms with Gasteiger partial charge in [0.15, 0.2) is 0 Å². The minimum absolute atomic E-state index is 0.0288. The Balaban J connectivity index is 1.55. The zero-order valence-electron chi connectivity index (χ0n) is 19.4. The molecular formula is C23H31N3O6S2. The molecule has 0 saturated carbocycles. The Kier molecular flexibility index (Phi) is 8.69. The smallest absolute Gasteiger partial charge is 0.243 e. The first-order valence-corrected chi connectivity index (χ1v) is 14.2. The molecule has 1 aliphatic rings. The van der Waals surface area contributed by atoms with Gasteiger partial charge in [0.1, 0.15) is 5.75 Å². The van der Waals surface area contributed by atoms with Crippen LogP contribution >= 0.6 is 0 Å². The van der Waals surface area contributed by atoms with E-state index in [4.69, 9.17) is 4.74 Å². The highest BCUT2D eigenvalue weighted by Gasteiger charge is 2.26. The predicted molar refractivity (Wildman–Crippen MR) is 128 cm³/mol. The highest BCUT2D eigenvalue weighted by atomic mass is 32.2. The van der Waals surface area contributed by atoms with Crippen molar-refractivity contribution < 1.29 is 26.4 Å². The molecule has 1 aliphatic heterocycles. The molecule has 2 aromatic rings. The Morgan fingerprint density at radius 1 is 0.941 bits per heavy atom. The first-order valence-electron chi connectivity index (χ1n) is 11.3. The van der Waals surface area contributed by atoms with E-state index in [1.54, 1.807) is 24.3 Å². The summed E-state index contributed by atoms with van der Waals surface area (Å²) in [7, 11) is -7.40. The van der Waals surface area contributed by atoms with Crippen LogP contribution in [0, 0.1) is 0 Å². The Morgan fingerprint density at radius 2 is 1.53 bits per heavy atom. The van der Waals surface area contributed by atoms with Crippen LogP contribution in [0.1, 0.15) is 38.7 Å². The van der Waals surface area contributed by atoms with Gasteiger partial charge >= 0.3 is 0 Å². The summed E-state index contributed by atoms with van der Waals surface area (Å²) in [6.07, 6.45) is 2.77. The van der Waals surface area contributed by atoms with E-state index in [-0.39, 0.29) is 16.3 Å². The molecule has 0 bridgehead atoms. The van der Waals surface area contributed by atoms with Crippen LogP contribution in [-0.2, 0) is 31.4 Å². The summed E-state index contributed by atoms with van der Waals surface area (Å²) in [6.45, 7) is 4.96. The quantitative estimate of drug-likeness (QED) is 0.507. The maximum atomic E-state index is 12.7. The standard InChI is InChI=1S/C23H31N3O6S2/c1-3-32-20-9-13-21(14-10-20)33(28,29)25-18(2)23(27)24-17-19-7-11-22(12-8-19)34(30,31)26-15-5-4-6-16-26/h7-14,18,25H,3-6,15-17H2,1-2H3,(H,24,27)/t18-/m0/s1. The van der Waals surface area contributed by atoms with E-state index in [0.29, 0.717) is 31.0 Å². The highest BCUT2D eigenvalue weighted by Crippen LogP contribution is 2.21. The highest BCUT2D eigenvalue weighted by molar-refractivity contribution is 7.89. The van der Waals surface area contributed by atoms with Crippen LogP contribution in [0.2, 0.25) is 0 Å². The number of hydrogen-bond acceptors (Lipinski definition) is 6. The molecule has 186 valence electrons. The molecule has 0 unspecified atom stereocenters. The average Bonchev–Trinajstić information content (AvgIpc) is 2.83. The maximum absolute atomic E-state index is 12.7. The normalized spacial score (nSPS) is 16.1. The number of nitrogens with zero attached hydrogens (tertiary/aromatic N) is 1. The Hall–Kier alpha value is -2.47. The van der Waals surface area contributed by atoms with Gasteiger partial charge in [-0.3, -0.25) is 4.79 Å². The van der Waals surface area contributed by atoms with Crippen molar-refractivity contribution in [2.75, 3.05) is 19.7 Å². The van der Waals surface area contributed by atoms with Crippen molar-refractivity contribution >= 4 is 26.0 Å². The number of piperidine rings is 1. The molecule has 0 radical (unpaired) electrons. The van der Waals surface area contributed by atoms with E-state index in [9.17, 15) is 21.6 Å². The van der Waals surface area contributed by atoms with Crippen LogP contribution in [0.3, 0.4) is 0 Å². The predicted octanol–water partition coefficient (Wildman–Crippen LogP) is 2.24. The summed E-state index contributed by atoms with van der Waals surface area (Å²) in [4.78, 5) is 12.7. The first-order chi connectivity index (χ1) is 16.1. The summed E-state index contributed by atoms with van der Waals surface area (Å²) in [5, 5.41) is 2.67. The molecule has 11 heteroatoms. The van der Waals surface area contributed by atoms with Crippen LogP contribution in [0.25, 0.3) is 0 Å². The second-order valence-corrected chi connectivity index (χ2v) is 11.7. The number of benzene rings is 2. The van der Waals surface area contributed by atoms with Gasteiger partial charge in [0.05, 0.1) is 22.4 Å². The van der Waals surface area contributed by atoms with Gasteiger partial charge in [-0.15, -0.1) is 0 Å². The molecule has 3 rings (SSSR count). The molecule has 9 nitrogen and oxygen atoms in total. The molecule has 1 atom stereocenters. The number of ether oxygens (including phenoxy) is 1. The number of carbonyl (C=O) groups excluding carboxylic acids is 1. The summed E-state index contributed by atoms with van der Waals surface area (Å²) in [6, 6.07) is 11.3. The summed E-state index contributed by atoms with van der Waals surface area (Å²) in [5.74, 6) is 0.0570. The number of amides is 1. The van der Waals surface area contributed by atoms with Gasteiger partial charge in [-0.25, -0.2) is 16.8 Å². The van der Waals surface area contributed by atoms with Crippen molar-refractivity contribution in [3.8, 4) is 5.75 Å². The van der Waals surface area contributed by atoms with E-state index in [0.717, 1.165) is 19.3 Å². The van der Waals surface area contributed by atoms with E-state index in [1.165, 1.54) is 35.5 Å². The molecule has 0 aromatic heterocycles. The molecule has 0 spiro atoms. The van der Waals surface area contributed by atoms with Gasteiger partial charge in [-0.1, -0.05) is 18.6 Å². The third-order valence-corrected chi connectivity index (χ3v) is 8.98. The monoisotopic (exact) mass is 509 g/mol. The third-order valence-electron chi connectivity index (χ3n) is 5.51. The summed E-state index contributed by atoms with van der Waals surface area (Å²) >= 11 is 0. The second-order valence-electron chi connectivity index (χ2n) is 8.07. The van der Waals surface area contributed by atoms with Crippen molar-refractivity contribution in [2.45, 2.75) is 55.5 Å². The lowest BCUT2D eigenvalue weighted by Gasteiger charge is -2.25. The lowest BCUT2D eigenvalue weighted by atomic mass is 10.2. The first kappa shape index (κ1) is 26.1. The fourth-order valence-electron chi connectivity index (χ4n) is 3.61. The minimum atomic E-state index is -3.89. The zero-order valence-corrected chi connectivity index (χ0v) is 21.0. The molecule has 1 fully saturated rings. The van der Waals surface area contributed by atoms with Crippen LogP contribution in [0.15, 0.2) is 58.3 Å². The second kappa shape index (κ2) is 11.3. The SMILES string of the molecule is CCOc1ccc(S(=O)(=O)N[C@@H](C)C(=O)NCc2ccc(S(=O)(=O)N3CCCCC3)cc2)cc1. The molecule has 34 heavy (non-hydrogen) atoms. The maximum Gasteiger partial charge on any atom is 0.243 e. The largest absolute Gasteiger partial charge is 0.494 e. The van der Waals surface area contributed by atoms with E-state index in [2.05, 4.69) is 10.0 Å². The number of rotatable bonds is 10. The van der Waals surface area contributed by atoms with Crippen molar-refractivity contribution in [3.63, 3.8) is 0 Å². The Morgan fingerprint density at radius 3 is 2.12 bits per heavy atom. The van der Waals surface area contributed by atoms with Crippen LogP contribution in [0.4, 0.5) is 0 Å². The number of hydrogen-bond donors (Lipinski definition) is 2. The number of sulfonamides is 2. The summed E-state index contributed by atoms with van der Waals surface area (Å²) in [5.41, 5.74) is 0.701. The lowest BCUT2D eigenvalue weighted by Crippen LogP contribution is -2.44.